The fourth-order valence-electron chi connectivity index (χ4n) is 5.77. The third-order valence-corrected chi connectivity index (χ3v) is 8.19. The van der Waals surface area contributed by atoms with Gasteiger partial charge < -0.3 is 25.5 Å². The molecule has 1 aliphatic rings. The van der Waals surface area contributed by atoms with Crippen LogP contribution in [0.25, 0.3) is 10.9 Å². The highest BCUT2D eigenvalue weighted by atomic mass is 16.2. The van der Waals surface area contributed by atoms with Gasteiger partial charge in [0.1, 0.15) is 5.82 Å². The standard InChI is InChI=1S/C34H39N7O/c1-2-24-12-14-26(15-13-24)23-41-32(17-16-25-8-4-3-5-9-25)39-40-33(41)30(38-34(42)31-22-35-18-19-36-31)20-27-21-37-29-11-7-6-10-28(27)29/h3-15,21,30-31,35-37H,2,16-20,22-23H2,1H3,(H,38,42)/t30?,31-/m1/s1. The number of rotatable bonds is 11. The van der Waals surface area contributed by atoms with Crippen LogP contribution < -0.4 is 16.0 Å². The Balaban J connectivity index is 1.36. The van der Waals surface area contributed by atoms with Crippen molar-refractivity contribution in [2.24, 2.45) is 0 Å². The van der Waals surface area contributed by atoms with Crippen molar-refractivity contribution in [1.29, 1.82) is 0 Å². The van der Waals surface area contributed by atoms with Crippen LogP contribution in [0.5, 0.6) is 0 Å². The van der Waals surface area contributed by atoms with Gasteiger partial charge in [-0.05, 0) is 41.2 Å². The number of aryl methyl sites for hydroxylation is 3. The second-order valence-electron chi connectivity index (χ2n) is 11.1. The first-order valence-corrected chi connectivity index (χ1v) is 15.0. The molecule has 0 aliphatic carbocycles. The monoisotopic (exact) mass is 561 g/mol. The van der Waals surface area contributed by atoms with Crippen molar-refractivity contribution in [3.05, 3.63) is 119 Å². The molecule has 2 aromatic heterocycles. The maximum Gasteiger partial charge on any atom is 0.239 e. The number of aromatic nitrogens is 4. The van der Waals surface area contributed by atoms with Crippen molar-refractivity contribution >= 4 is 16.8 Å². The molecule has 1 aliphatic heterocycles. The summed E-state index contributed by atoms with van der Waals surface area (Å²) in [6.45, 7) is 5.03. The van der Waals surface area contributed by atoms with Crippen LogP contribution in [-0.2, 0) is 37.0 Å². The van der Waals surface area contributed by atoms with E-state index in [1.807, 2.05) is 18.3 Å². The summed E-state index contributed by atoms with van der Waals surface area (Å²) >= 11 is 0. The second kappa shape index (κ2) is 13.1. The molecule has 1 saturated heterocycles. The van der Waals surface area contributed by atoms with Crippen molar-refractivity contribution in [2.45, 2.75) is 51.2 Å². The van der Waals surface area contributed by atoms with Crippen LogP contribution in [0.15, 0.2) is 85.1 Å². The summed E-state index contributed by atoms with van der Waals surface area (Å²) in [7, 11) is 0. The summed E-state index contributed by atoms with van der Waals surface area (Å²) < 4.78 is 2.22. The molecule has 1 amide bonds. The van der Waals surface area contributed by atoms with Crippen LogP contribution in [0.3, 0.4) is 0 Å². The molecule has 8 heteroatoms. The average molecular weight is 562 g/mol. The molecule has 8 nitrogen and oxygen atoms in total. The number of para-hydroxylation sites is 1. The van der Waals surface area contributed by atoms with E-state index in [1.165, 1.54) is 16.7 Å². The smallest absolute Gasteiger partial charge is 0.239 e. The number of aromatic amines is 1. The lowest BCUT2D eigenvalue weighted by molar-refractivity contribution is -0.124. The number of fused-ring (bicyclic) bond motifs is 1. The molecule has 5 aromatic rings. The Labute approximate surface area is 247 Å². The molecule has 0 radical (unpaired) electrons. The van der Waals surface area contributed by atoms with Gasteiger partial charge in [0.15, 0.2) is 5.82 Å². The highest BCUT2D eigenvalue weighted by Crippen LogP contribution is 2.26. The van der Waals surface area contributed by atoms with Crippen LogP contribution in [0, 0.1) is 0 Å². The fraction of sp³-hybridized carbons (Fsp3) is 0.324. The normalized spacial score (nSPS) is 16.0. The van der Waals surface area contributed by atoms with E-state index in [-0.39, 0.29) is 18.0 Å². The van der Waals surface area contributed by atoms with Crippen LogP contribution in [0.4, 0.5) is 0 Å². The number of benzene rings is 3. The molecular formula is C34H39N7O. The summed E-state index contributed by atoms with van der Waals surface area (Å²) in [5.74, 6) is 1.67. The minimum atomic E-state index is -0.353. The van der Waals surface area contributed by atoms with E-state index in [2.05, 4.69) is 99.2 Å². The first-order chi connectivity index (χ1) is 20.7. The van der Waals surface area contributed by atoms with Crippen LogP contribution >= 0.6 is 0 Å². The van der Waals surface area contributed by atoms with E-state index in [9.17, 15) is 4.79 Å². The number of nitrogens with one attached hydrogen (secondary N) is 4. The molecule has 3 heterocycles. The lowest BCUT2D eigenvalue weighted by Gasteiger charge is -2.27. The Hall–Kier alpha value is -4.27. The molecule has 42 heavy (non-hydrogen) atoms. The highest BCUT2D eigenvalue weighted by molar-refractivity contribution is 5.84. The Morgan fingerprint density at radius 3 is 2.50 bits per heavy atom. The van der Waals surface area contributed by atoms with Gasteiger partial charge in [-0.15, -0.1) is 10.2 Å². The van der Waals surface area contributed by atoms with Gasteiger partial charge in [0.05, 0.1) is 18.6 Å². The average Bonchev–Trinajstić information content (AvgIpc) is 3.64. The van der Waals surface area contributed by atoms with Crippen molar-refractivity contribution in [1.82, 2.24) is 35.7 Å². The molecule has 0 bridgehead atoms. The lowest BCUT2D eigenvalue weighted by Crippen LogP contribution is -2.56. The first-order valence-electron chi connectivity index (χ1n) is 15.0. The van der Waals surface area contributed by atoms with E-state index in [1.54, 1.807) is 0 Å². The number of hydrogen-bond donors (Lipinski definition) is 4. The molecule has 0 spiro atoms. The predicted octanol–water partition coefficient (Wildman–Crippen LogP) is 4.12. The molecular weight excluding hydrogens is 522 g/mol. The number of nitrogens with zero attached hydrogens (tertiary/aromatic N) is 3. The van der Waals surface area contributed by atoms with Gasteiger partial charge in [0.2, 0.25) is 5.91 Å². The quantitative estimate of drug-likeness (QED) is 0.195. The Morgan fingerprint density at radius 1 is 0.929 bits per heavy atom. The van der Waals surface area contributed by atoms with Crippen molar-refractivity contribution in [3.8, 4) is 0 Å². The maximum absolute atomic E-state index is 13.6. The van der Waals surface area contributed by atoms with Crippen LogP contribution in [-0.4, -0.2) is 51.3 Å². The number of carbonyl (C=O) groups excluding carboxylic acids is 1. The zero-order chi connectivity index (χ0) is 28.7. The van der Waals surface area contributed by atoms with Gasteiger partial charge in [-0.25, -0.2) is 0 Å². The third-order valence-electron chi connectivity index (χ3n) is 8.19. The lowest BCUT2D eigenvalue weighted by atomic mass is 10.0. The zero-order valence-corrected chi connectivity index (χ0v) is 24.1. The molecule has 6 rings (SSSR count). The number of piperazine rings is 1. The Bertz CT molecular complexity index is 1600. The SMILES string of the molecule is CCc1ccc(Cn2c(CCc3ccccc3)nnc2C(Cc2c[nH]c3ccccc23)NC(=O)[C@H]2CNCCN2)cc1. The molecule has 1 fully saturated rings. The zero-order valence-electron chi connectivity index (χ0n) is 24.1. The van der Waals surface area contributed by atoms with Crippen LogP contribution in [0.1, 0.15) is 46.9 Å². The summed E-state index contributed by atoms with van der Waals surface area (Å²) in [5, 5.41) is 20.7. The van der Waals surface area contributed by atoms with E-state index in [4.69, 9.17) is 10.2 Å². The summed E-state index contributed by atoms with van der Waals surface area (Å²) in [4.78, 5) is 16.9. The molecule has 1 unspecified atom stereocenters. The first kappa shape index (κ1) is 27.9. The van der Waals surface area contributed by atoms with Crippen molar-refractivity contribution in [3.63, 3.8) is 0 Å². The van der Waals surface area contributed by atoms with Gasteiger partial charge in [0, 0.05) is 49.6 Å². The minimum absolute atomic E-state index is 0.0280. The van der Waals surface area contributed by atoms with Crippen molar-refractivity contribution < 1.29 is 4.79 Å². The summed E-state index contributed by atoms with van der Waals surface area (Å²) in [5.41, 5.74) is 5.98. The number of carbonyl (C=O) groups is 1. The summed E-state index contributed by atoms with van der Waals surface area (Å²) in [6, 6.07) is 26.9. The fourth-order valence-corrected chi connectivity index (χ4v) is 5.77. The van der Waals surface area contributed by atoms with Gasteiger partial charge in [-0.3, -0.25) is 4.79 Å². The van der Waals surface area contributed by atoms with E-state index < -0.39 is 0 Å². The van der Waals surface area contributed by atoms with Crippen LogP contribution in [0.2, 0.25) is 0 Å². The van der Waals surface area contributed by atoms with E-state index in [0.717, 1.165) is 60.5 Å². The second-order valence-corrected chi connectivity index (χ2v) is 11.1. The van der Waals surface area contributed by atoms with Gasteiger partial charge in [-0.2, -0.15) is 0 Å². The van der Waals surface area contributed by atoms with E-state index in [0.29, 0.717) is 19.5 Å². The minimum Gasteiger partial charge on any atom is -0.361 e. The molecule has 2 atom stereocenters. The molecule has 0 saturated carbocycles. The van der Waals surface area contributed by atoms with Gasteiger partial charge in [0.25, 0.3) is 0 Å². The van der Waals surface area contributed by atoms with Gasteiger partial charge >= 0.3 is 0 Å². The number of H-pyrrole nitrogens is 1. The summed E-state index contributed by atoms with van der Waals surface area (Å²) in [6.07, 6.45) is 5.27. The van der Waals surface area contributed by atoms with E-state index >= 15 is 0 Å². The highest BCUT2D eigenvalue weighted by Gasteiger charge is 2.28. The number of hydrogen-bond acceptors (Lipinski definition) is 5. The Morgan fingerprint density at radius 2 is 1.71 bits per heavy atom. The number of amides is 1. The largest absolute Gasteiger partial charge is 0.361 e. The third kappa shape index (κ3) is 6.45. The molecule has 4 N–H and O–H groups in total. The molecule has 216 valence electrons. The molecule has 3 aromatic carbocycles. The maximum atomic E-state index is 13.6. The van der Waals surface area contributed by atoms with Crippen molar-refractivity contribution in [2.75, 3.05) is 19.6 Å². The Kier molecular flexibility index (Phi) is 8.72. The van der Waals surface area contributed by atoms with Gasteiger partial charge in [-0.1, -0.05) is 79.7 Å². The predicted molar refractivity (Wildman–Crippen MR) is 166 cm³/mol. The topological polar surface area (TPSA) is 99.7 Å².